The summed E-state index contributed by atoms with van der Waals surface area (Å²) in [6.07, 6.45) is 17.7. The molecule has 24 heavy (non-hydrogen) atoms. The predicted octanol–water partition coefficient (Wildman–Crippen LogP) is 8.47. The lowest BCUT2D eigenvalue weighted by Gasteiger charge is -2.32. The zero-order valence-corrected chi connectivity index (χ0v) is 19.6. The Bertz CT molecular complexity index is 226. The smallest absolute Gasteiger partial charge is 0.192 e. The molecule has 0 N–H and O–H groups in total. The third-order valence-corrected chi connectivity index (χ3v) is 10.3. The quantitative estimate of drug-likeness (QED) is 0.115. The summed E-state index contributed by atoms with van der Waals surface area (Å²) < 4.78 is 6.71. The molecule has 0 aliphatic rings. The number of rotatable bonds is 19. The molecule has 0 radical (unpaired) electrons. The Morgan fingerprint density at radius 1 is 0.583 bits per heavy atom. The molecule has 0 aromatic carbocycles. The van der Waals surface area contributed by atoms with Crippen LogP contribution in [-0.4, -0.2) is 20.3 Å². The first kappa shape index (κ1) is 24.7. The van der Waals surface area contributed by atoms with E-state index in [0.29, 0.717) is 0 Å². The summed E-state index contributed by atoms with van der Waals surface area (Å²) in [5.74, 6) is 0. The molecule has 0 aliphatic heterocycles. The lowest BCUT2D eigenvalue weighted by molar-refractivity contribution is 0.282. The van der Waals surface area contributed by atoms with Gasteiger partial charge in [-0.15, -0.1) is 0 Å². The Kier molecular flexibility index (Phi) is 19.0. The van der Waals surface area contributed by atoms with Crippen molar-refractivity contribution in [2.45, 2.75) is 122 Å². The van der Waals surface area contributed by atoms with Gasteiger partial charge in [-0.1, -0.05) is 107 Å². The van der Waals surface area contributed by atoms with E-state index in [2.05, 4.69) is 36.7 Å². The van der Waals surface area contributed by atoms with Crippen molar-refractivity contribution in [2.24, 2.45) is 0 Å². The van der Waals surface area contributed by atoms with Gasteiger partial charge >= 0.3 is 0 Å². The van der Waals surface area contributed by atoms with Crippen molar-refractivity contribution in [3.63, 3.8) is 0 Å². The second-order valence-electron chi connectivity index (χ2n) is 7.51. The van der Waals surface area contributed by atoms with Crippen molar-refractivity contribution >= 4 is 24.2 Å². The molecule has 146 valence electrons. The maximum absolute atomic E-state index is 6.71. The highest BCUT2D eigenvalue weighted by Gasteiger charge is 2.32. The number of halogens is 1. The molecule has 0 aliphatic carbocycles. The van der Waals surface area contributed by atoms with E-state index in [-0.39, 0.29) is 0 Å². The highest BCUT2D eigenvalue weighted by molar-refractivity contribution is 9.09. The summed E-state index contributed by atoms with van der Waals surface area (Å²) in [5.41, 5.74) is 0. The largest absolute Gasteiger partial charge is 0.417 e. The average Bonchev–Trinajstić information content (AvgIpc) is 2.61. The van der Waals surface area contributed by atoms with Crippen molar-refractivity contribution in [1.82, 2.24) is 0 Å². The fourth-order valence-electron chi connectivity index (χ4n) is 3.46. The van der Waals surface area contributed by atoms with Gasteiger partial charge < -0.3 is 4.43 Å². The van der Waals surface area contributed by atoms with Crippen molar-refractivity contribution in [3.8, 4) is 0 Å². The Balaban J connectivity index is 4.07. The third kappa shape index (κ3) is 13.9. The second-order valence-corrected chi connectivity index (χ2v) is 12.5. The van der Waals surface area contributed by atoms with Crippen LogP contribution in [0.2, 0.25) is 18.1 Å². The van der Waals surface area contributed by atoms with E-state index in [0.717, 1.165) is 6.61 Å². The van der Waals surface area contributed by atoms with E-state index < -0.39 is 8.32 Å². The van der Waals surface area contributed by atoms with Crippen molar-refractivity contribution in [2.75, 3.05) is 11.9 Å². The standard InChI is InChI=1S/C21H45BrOSi/c1-4-7-19-24(20-8-5-2,21-9-6-3)23-18-16-14-12-10-11-13-15-17-22/h4-21H2,1-3H3. The summed E-state index contributed by atoms with van der Waals surface area (Å²) >= 11 is 3.51. The molecule has 0 atom stereocenters. The van der Waals surface area contributed by atoms with E-state index in [1.807, 2.05) is 0 Å². The average molecular weight is 422 g/mol. The van der Waals surface area contributed by atoms with E-state index >= 15 is 0 Å². The third-order valence-electron chi connectivity index (χ3n) is 5.14. The lowest BCUT2D eigenvalue weighted by Crippen LogP contribution is -2.38. The minimum absolute atomic E-state index is 1.05. The van der Waals surface area contributed by atoms with Crippen LogP contribution in [0.1, 0.15) is 104 Å². The van der Waals surface area contributed by atoms with E-state index in [1.54, 1.807) is 0 Å². The van der Waals surface area contributed by atoms with Crippen LogP contribution in [0.5, 0.6) is 0 Å². The highest BCUT2D eigenvalue weighted by Crippen LogP contribution is 2.30. The molecule has 0 heterocycles. The minimum atomic E-state index is -1.45. The maximum atomic E-state index is 6.71. The number of unbranched alkanes of at least 4 members (excludes halogenated alkanes) is 9. The Labute approximate surface area is 163 Å². The maximum Gasteiger partial charge on any atom is 0.192 e. The van der Waals surface area contributed by atoms with E-state index in [4.69, 9.17) is 4.43 Å². The van der Waals surface area contributed by atoms with Gasteiger partial charge in [-0.3, -0.25) is 0 Å². The molecule has 0 rings (SSSR count). The van der Waals surface area contributed by atoms with Gasteiger partial charge in [0.2, 0.25) is 0 Å². The molecular formula is C21H45BrOSi. The Morgan fingerprint density at radius 3 is 1.42 bits per heavy atom. The van der Waals surface area contributed by atoms with Gasteiger partial charge in [0, 0.05) is 11.9 Å². The summed E-state index contributed by atoms with van der Waals surface area (Å²) in [5, 5.41) is 1.17. The van der Waals surface area contributed by atoms with Crippen molar-refractivity contribution < 1.29 is 4.43 Å². The zero-order valence-electron chi connectivity index (χ0n) is 17.0. The summed E-state index contributed by atoms with van der Waals surface area (Å²) in [4.78, 5) is 0. The molecule has 0 spiro atoms. The van der Waals surface area contributed by atoms with Crippen LogP contribution in [0.3, 0.4) is 0 Å². The highest BCUT2D eigenvalue weighted by atomic mass is 79.9. The summed E-state index contributed by atoms with van der Waals surface area (Å²) in [7, 11) is -1.45. The van der Waals surface area contributed by atoms with Crippen molar-refractivity contribution in [1.29, 1.82) is 0 Å². The molecule has 1 nitrogen and oxygen atoms in total. The molecule has 0 saturated carbocycles. The summed E-state index contributed by atoms with van der Waals surface area (Å²) in [6.45, 7) is 8.03. The number of hydrogen-bond acceptors (Lipinski definition) is 1. The van der Waals surface area contributed by atoms with Crippen LogP contribution < -0.4 is 0 Å². The van der Waals surface area contributed by atoms with Gasteiger partial charge in [0.15, 0.2) is 8.32 Å². The lowest BCUT2D eigenvalue weighted by atomic mass is 10.1. The number of hydrogen-bond donors (Lipinski definition) is 0. The Morgan fingerprint density at radius 2 is 1.00 bits per heavy atom. The first-order valence-corrected chi connectivity index (χ1v) is 14.6. The van der Waals surface area contributed by atoms with Crippen LogP contribution in [0.4, 0.5) is 0 Å². The fraction of sp³-hybridized carbons (Fsp3) is 1.00. The van der Waals surface area contributed by atoms with Crippen LogP contribution in [0.25, 0.3) is 0 Å². The second kappa shape index (κ2) is 18.4. The van der Waals surface area contributed by atoms with Crippen LogP contribution in [-0.2, 0) is 4.43 Å². The van der Waals surface area contributed by atoms with Crippen molar-refractivity contribution in [3.05, 3.63) is 0 Å². The van der Waals surface area contributed by atoms with Gasteiger partial charge in [0.25, 0.3) is 0 Å². The SMILES string of the molecule is CCCC[Si](CCCC)(CCCC)OCCCCCCCCCBr. The Hall–Kier alpha value is 0.657. The van der Waals surface area contributed by atoms with Gasteiger partial charge in [-0.05, 0) is 31.0 Å². The van der Waals surface area contributed by atoms with Gasteiger partial charge in [-0.25, -0.2) is 0 Å². The topological polar surface area (TPSA) is 9.23 Å². The van der Waals surface area contributed by atoms with Crippen LogP contribution in [0, 0.1) is 0 Å². The molecule has 0 unspecified atom stereocenters. The number of alkyl halides is 1. The van der Waals surface area contributed by atoms with E-state index in [9.17, 15) is 0 Å². The van der Waals surface area contributed by atoms with Gasteiger partial charge in [-0.2, -0.15) is 0 Å². The molecule has 0 amide bonds. The molecule has 0 aromatic heterocycles. The monoisotopic (exact) mass is 420 g/mol. The summed E-state index contributed by atoms with van der Waals surface area (Å²) in [6, 6.07) is 4.24. The van der Waals surface area contributed by atoms with Gasteiger partial charge in [0.1, 0.15) is 0 Å². The minimum Gasteiger partial charge on any atom is -0.417 e. The normalized spacial score (nSPS) is 12.0. The molecule has 0 bridgehead atoms. The molecule has 0 fully saturated rings. The van der Waals surface area contributed by atoms with Gasteiger partial charge in [0.05, 0.1) is 0 Å². The van der Waals surface area contributed by atoms with Crippen LogP contribution >= 0.6 is 15.9 Å². The predicted molar refractivity (Wildman–Crippen MR) is 117 cm³/mol. The zero-order chi connectivity index (χ0) is 17.9. The molecule has 0 saturated heterocycles. The fourth-order valence-corrected chi connectivity index (χ4v) is 8.61. The first-order valence-electron chi connectivity index (χ1n) is 10.9. The molecule has 3 heteroatoms. The molecular weight excluding hydrogens is 376 g/mol. The molecule has 0 aromatic rings. The van der Waals surface area contributed by atoms with Crippen LogP contribution in [0.15, 0.2) is 0 Å². The van der Waals surface area contributed by atoms with E-state index in [1.165, 1.54) is 107 Å². The first-order chi connectivity index (χ1) is 11.7.